The molecule has 24 heavy (non-hydrogen) atoms. The number of rotatable bonds is 5. The number of carbonyl (C=O) groups excluding carboxylic acids is 1. The Balaban J connectivity index is 1.55. The van der Waals surface area contributed by atoms with Crippen molar-refractivity contribution in [3.63, 3.8) is 0 Å². The van der Waals surface area contributed by atoms with Crippen molar-refractivity contribution in [2.75, 3.05) is 26.2 Å². The van der Waals surface area contributed by atoms with Gasteiger partial charge in [-0.25, -0.2) is 4.98 Å². The smallest absolute Gasteiger partial charge is 0.235 e. The highest BCUT2D eigenvalue weighted by atomic mass is 35.5. The quantitative estimate of drug-likeness (QED) is 0.882. The van der Waals surface area contributed by atoms with Crippen molar-refractivity contribution in [3.8, 4) is 11.3 Å². The Morgan fingerprint density at radius 2 is 2.08 bits per heavy atom. The molecule has 1 aromatic heterocycles. The summed E-state index contributed by atoms with van der Waals surface area (Å²) in [5.74, 6) is 2.10. The summed E-state index contributed by atoms with van der Waals surface area (Å²) >= 11 is 7.45. The summed E-state index contributed by atoms with van der Waals surface area (Å²) in [6.07, 6.45) is 1.71. The van der Waals surface area contributed by atoms with Gasteiger partial charge in [-0.15, -0.1) is 11.8 Å². The van der Waals surface area contributed by atoms with Crippen LogP contribution in [-0.4, -0.2) is 47.2 Å². The number of nitrogens with one attached hydrogen (secondary N) is 1. The predicted molar refractivity (Wildman–Crippen MR) is 97.2 cm³/mol. The van der Waals surface area contributed by atoms with Crippen LogP contribution < -0.4 is 5.32 Å². The summed E-state index contributed by atoms with van der Waals surface area (Å²) in [6.45, 7) is 5.24. The van der Waals surface area contributed by atoms with Gasteiger partial charge in [0.05, 0.1) is 17.2 Å². The minimum atomic E-state index is -0.103. The van der Waals surface area contributed by atoms with E-state index in [-0.39, 0.29) is 11.2 Å². The molecule has 0 bridgehead atoms. The van der Waals surface area contributed by atoms with Crippen LogP contribution in [0.15, 0.2) is 34.9 Å². The molecule has 0 spiro atoms. The number of oxazole rings is 1. The summed E-state index contributed by atoms with van der Waals surface area (Å²) in [4.78, 5) is 18.6. The van der Waals surface area contributed by atoms with Crippen LogP contribution in [0.4, 0.5) is 0 Å². The van der Waals surface area contributed by atoms with Crippen molar-refractivity contribution in [2.24, 2.45) is 0 Å². The van der Waals surface area contributed by atoms with Gasteiger partial charge in [-0.05, 0) is 31.2 Å². The molecule has 1 aromatic carbocycles. The van der Waals surface area contributed by atoms with Gasteiger partial charge < -0.3 is 14.6 Å². The average molecular weight is 366 g/mol. The van der Waals surface area contributed by atoms with E-state index < -0.39 is 0 Å². The summed E-state index contributed by atoms with van der Waals surface area (Å²) in [5, 5.41) is 3.84. The molecule has 128 valence electrons. The van der Waals surface area contributed by atoms with Crippen molar-refractivity contribution < 1.29 is 9.21 Å². The molecule has 1 aliphatic rings. The number of carbonyl (C=O) groups is 1. The van der Waals surface area contributed by atoms with Crippen molar-refractivity contribution >= 4 is 29.3 Å². The molecular formula is C17H20ClN3O2S. The number of aromatic nitrogens is 1. The molecule has 2 heterocycles. The second kappa shape index (κ2) is 8.05. The fourth-order valence-electron chi connectivity index (χ4n) is 2.53. The van der Waals surface area contributed by atoms with Crippen molar-refractivity contribution in [2.45, 2.75) is 17.9 Å². The SMILES string of the molecule is CC(SCc1ncc(-c2ccc(Cl)cc2)o1)C(=O)N1CCNCC1. The van der Waals surface area contributed by atoms with Gasteiger partial charge in [-0.3, -0.25) is 4.79 Å². The first-order chi connectivity index (χ1) is 11.6. The van der Waals surface area contributed by atoms with Crippen molar-refractivity contribution in [1.29, 1.82) is 0 Å². The van der Waals surface area contributed by atoms with Gasteiger partial charge in [-0.2, -0.15) is 0 Å². The standard InChI is InChI=1S/C17H20ClN3O2S/c1-12(17(22)21-8-6-19-7-9-21)24-11-16-20-10-15(23-16)13-2-4-14(18)5-3-13/h2-5,10,12,19H,6-9,11H2,1H3. The molecule has 0 radical (unpaired) electrons. The minimum absolute atomic E-state index is 0.103. The lowest BCUT2D eigenvalue weighted by molar-refractivity contribution is -0.130. The average Bonchev–Trinajstić information content (AvgIpc) is 3.09. The minimum Gasteiger partial charge on any atom is -0.440 e. The molecule has 1 amide bonds. The molecule has 3 rings (SSSR count). The van der Waals surface area contributed by atoms with E-state index in [2.05, 4.69) is 10.3 Å². The zero-order chi connectivity index (χ0) is 16.9. The molecule has 5 nitrogen and oxygen atoms in total. The first-order valence-electron chi connectivity index (χ1n) is 7.95. The maximum Gasteiger partial charge on any atom is 0.235 e. The fourth-order valence-corrected chi connectivity index (χ4v) is 3.48. The normalized spacial score (nSPS) is 16.2. The summed E-state index contributed by atoms with van der Waals surface area (Å²) in [6, 6.07) is 7.44. The Morgan fingerprint density at radius 1 is 1.38 bits per heavy atom. The zero-order valence-electron chi connectivity index (χ0n) is 13.5. The highest BCUT2D eigenvalue weighted by Crippen LogP contribution is 2.25. The van der Waals surface area contributed by atoms with Gasteiger partial charge in [0.15, 0.2) is 5.76 Å². The van der Waals surface area contributed by atoms with Crippen LogP contribution in [0.3, 0.4) is 0 Å². The molecule has 1 N–H and O–H groups in total. The topological polar surface area (TPSA) is 58.4 Å². The lowest BCUT2D eigenvalue weighted by atomic mass is 10.2. The second-order valence-electron chi connectivity index (χ2n) is 5.65. The Bertz CT molecular complexity index is 683. The largest absolute Gasteiger partial charge is 0.440 e. The maximum absolute atomic E-state index is 12.4. The Hall–Kier alpha value is -1.50. The van der Waals surface area contributed by atoms with Crippen molar-refractivity contribution in [3.05, 3.63) is 41.4 Å². The Kier molecular flexibility index (Phi) is 5.81. The van der Waals surface area contributed by atoms with E-state index in [1.54, 1.807) is 18.0 Å². The third-order valence-corrected chi connectivity index (χ3v) is 5.28. The fraction of sp³-hybridized carbons (Fsp3) is 0.412. The number of hydrogen-bond acceptors (Lipinski definition) is 5. The predicted octanol–water partition coefficient (Wildman–Crippen LogP) is 3.05. The second-order valence-corrected chi connectivity index (χ2v) is 7.42. The first kappa shape index (κ1) is 17.3. The lowest BCUT2D eigenvalue weighted by Crippen LogP contribution is -2.48. The van der Waals surface area contributed by atoms with Gasteiger partial charge in [0.1, 0.15) is 0 Å². The van der Waals surface area contributed by atoms with Crippen LogP contribution >= 0.6 is 23.4 Å². The molecule has 2 aromatic rings. The number of piperazine rings is 1. The van der Waals surface area contributed by atoms with E-state index in [1.807, 2.05) is 36.1 Å². The van der Waals surface area contributed by atoms with Gasteiger partial charge in [-0.1, -0.05) is 11.6 Å². The van der Waals surface area contributed by atoms with E-state index in [9.17, 15) is 4.79 Å². The van der Waals surface area contributed by atoms with Crippen LogP contribution in [0.5, 0.6) is 0 Å². The maximum atomic E-state index is 12.4. The van der Waals surface area contributed by atoms with Crippen molar-refractivity contribution in [1.82, 2.24) is 15.2 Å². The van der Waals surface area contributed by atoms with Gasteiger partial charge in [0, 0.05) is 36.8 Å². The third-order valence-electron chi connectivity index (χ3n) is 3.92. The van der Waals surface area contributed by atoms with Crippen LogP contribution in [0, 0.1) is 0 Å². The van der Waals surface area contributed by atoms with E-state index in [4.69, 9.17) is 16.0 Å². The van der Waals surface area contributed by atoms with Gasteiger partial charge in [0.25, 0.3) is 0 Å². The van der Waals surface area contributed by atoms with Crippen LogP contribution in [0.1, 0.15) is 12.8 Å². The number of benzene rings is 1. The summed E-state index contributed by atoms with van der Waals surface area (Å²) < 4.78 is 5.78. The van der Waals surface area contributed by atoms with Gasteiger partial charge >= 0.3 is 0 Å². The van der Waals surface area contributed by atoms with E-state index in [1.165, 1.54) is 0 Å². The third kappa shape index (κ3) is 4.32. The summed E-state index contributed by atoms with van der Waals surface area (Å²) in [5.41, 5.74) is 0.938. The summed E-state index contributed by atoms with van der Waals surface area (Å²) in [7, 11) is 0. The molecule has 1 saturated heterocycles. The van der Waals surface area contributed by atoms with E-state index >= 15 is 0 Å². The molecular weight excluding hydrogens is 346 g/mol. The highest BCUT2D eigenvalue weighted by molar-refractivity contribution is 7.99. The number of nitrogens with zero attached hydrogens (tertiary/aromatic N) is 2. The van der Waals surface area contributed by atoms with Crippen LogP contribution in [0.2, 0.25) is 5.02 Å². The van der Waals surface area contributed by atoms with E-state index in [0.717, 1.165) is 31.7 Å². The molecule has 0 saturated carbocycles. The number of thioether (sulfide) groups is 1. The number of halogens is 1. The Labute approximate surface area is 150 Å². The lowest BCUT2D eigenvalue weighted by Gasteiger charge is -2.29. The molecule has 7 heteroatoms. The highest BCUT2D eigenvalue weighted by Gasteiger charge is 2.22. The zero-order valence-corrected chi connectivity index (χ0v) is 15.1. The number of hydrogen-bond donors (Lipinski definition) is 1. The Morgan fingerprint density at radius 3 is 2.79 bits per heavy atom. The molecule has 0 aliphatic carbocycles. The van der Waals surface area contributed by atoms with Gasteiger partial charge in [0.2, 0.25) is 11.8 Å². The van der Waals surface area contributed by atoms with Crippen LogP contribution in [-0.2, 0) is 10.5 Å². The first-order valence-corrected chi connectivity index (χ1v) is 9.38. The molecule has 1 unspecified atom stereocenters. The molecule has 1 fully saturated rings. The molecule has 1 aliphatic heterocycles. The van der Waals surface area contributed by atoms with E-state index in [0.29, 0.717) is 22.4 Å². The molecule has 1 atom stereocenters. The number of amides is 1. The monoisotopic (exact) mass is 365 g/mol. The van der Waals surface area contributed by atoms with Crippen LogP contribution in [0.25, 0.3) is 11.3 Å².